The SMILES string of the molecule is Fc1cc(NC2CC(c3cccc(Cl)c3)C2)ccc1Cl. The molecular formula is C16H14Cl2FN. The van der Waals surface area contributed by atoms with Crippen LogP contribution >= 0.6 is 23.2 Å². The van der Waals surface area contributed by atoms with Crippen molar-refractivity contribution in [3.8, 4) is 0 Å². The van der Waals surface area contributed by atoms with Crippen molar-refractivity contribution in [3.63, 3.8) is 0 Å². The zero-order valence-corrected chi connectivity index (χ0v) is 12.3. The molecule has 0 unspecified atom stereocenters. The summed E-state index contributed by atoms with van der Waals surface area (Å²) in [6.07, 6.45) is 2.06. The Bertz CT molecular complexity index is 624. The smallest absolute Gasteiger partial charge is 0.143 e. The van der Waals surface area contributed by atoms with Gasteiger partial charge in [0.1, 0.15) is 5.82 Å². The van der Waals surface area contributed by atoms with Crippen LogP contribution in [0, 0.1) is 5.82 Å². The quantitative estimate of drug-likeness (QED) is 0.790. The zero-order chi connectivity index (χ0) is 14.1. The number of anilines is 1. The third kappa shape index (κ3) is 2.92. The van der Waals surface area contributed by atoms with E-state index in [0.29, 0.717) is 12.0 Å². The van der Waals surface area contributed by atoms with Gasteiger partial charge in [0, 0.05) is 16.8 Å². The zero-order valence-electron chi connectivity index (χ0n) is 10.7. The monoisotopic (exact) mass is 309 g/mol. The Morgan fingerprint density at radius 1 is 1.05 bits per heavy atom. The molecule has 20 heavy (non-hydrogen) atoms. The lowest BCUT2D eigenvalue weighted by Crippen LogP contribution is -2.34. The predicted octanol–water partition coefficient (Wildman–Crippen LogP) is 5.49. The van der Waals surface area contributed by atoms with Gasteiger partial charge in [0.15, 0.2) is 0 Å². The van der Waals surface area contributed by atoms with Crippen LogP contribution < -0.4 is 5.32 Å². The van der Waals surface area contributed by atoms with Crippen LogP contribution in [-0.2, 0) is 0 Å². The van der Waals surface area contributed by atoms with E-state index in [1.807, 2.05) is 18.2 Å². The molecule has 1 N–H and O–H groups in total. The summed E-state index contributed by atoms with van der Waals surface area (Å²) in [6.45, 7) is 0. The third-order valence-electron chi connectivity index (χ3n) is 3.75. The van der Waals surface area contributed by atoms with Crippen LogP contribution in [0.3, 0.4) is 0 Å². The van der Waals surface area contributed by atoms with E-state index in [0.717, 1.165) is 23.6 Å². The van der Waals surface area contributed by atoms with Crippen molar-refractivity contribution in [2.75, 3.05) is 5.32 Å². The molecule has 1 fully saturated rings. The molecule has 1 saturated carbocycles. The summed E-state index contributed by atoms with van der Waals surface area (Å²) >= 11 is 11.7. The van der Waals surface area contributed by atoms with Crippen LogP contribution in [0.25, 0.3) is 0 Å². The first kappa shape index (κ1) is 13.7. The molecule has 0 heterocycles. The Hall–Kier alpha value is -1.25. The maximum atomic E-state index is 13.4. The van der Waals surface area contributed by atoms with E-state index in [2.05, 4.69) is 11.4 Å². The Kier molecular flexibility index (Phi) is 3.86. The highest BCUT2D eigenvalue weighted by molar-refractivity contribution is 6.31. The van der Waals surface area contributed by atoms with Crippen LogP contribution in [0.5, 0.6) is 0 Å². The number of hydrogen-bond acceptors (Lipinski definition) is 1. The molecule has 2 aromatic rings. The van der Waals surface area contributed by atoms with Crippen molar-refractivity contribution in [2.45, 2.75) is 24.8 Å². The molecule has 3 rings (SSSR count). The van der Waals surface area contributed by atoms with Gasteiger partial charge in [-0.3, -0.25) is 0 Å². The summed E-state index contributed by atoms with van der Waals surface area (Å²) in [5, 5.41) is 4.26. The molecule has 1 aliphatic carbocycles. The molecule has 4 heteroatoms. The van der Waals surface area contributed by atoms with Crippen LogP contribution in [0.2, 0.25) is 10.0 Å². The molecule has 0 atom stereocenters. The normalized spacial score (nSPS) is 21.4. The van der Waals surface area contributed by atoms with Gasteiger partial charge in [0.05, 0.1) is 5.02 Å². The highest BCUT2D eigenvalue weighted by Gasteiger charge is 2.30. The summed E-state index contributed by atoms with van der Waals surface area (Å²) in [6, 6.07) is 13.2. The molecule has 1 aliphatic rings. The minimum Gasteiger partial charge on any atom is -0.382 e. The summed E-state index contributed by atoms with van der Waals surface area (Å²) < 4.78 is 13.4. The molecule has 2 aromatic carbocycles. The first-order chi connectivity index (χ1) is 9.61. The van der Waals surface area contributed by atoms with E-state index in [1.54, 1.807) is 12.1 Å². The van der Waals surface area contributed by atoms with Gasteiger partial charge in [0.25, 0.3) is 0 Å². The molecule has 0 spiro atoms. The highest BCUT2D eigenvalue weighted by Crippen LogP contribution is 2.39. The van der Waals surface area contributed by atoms with Gasteiger partial charge in [-0.1, -0.05) is 35.3 Å². The van der Waals surface area contributed by atoms with Crippen LogP contribution in [0.1, 0.15) is 24.3 Å². The van der Waals surface area contributed by atoms with E-state index in [9.17, 15) is 4.39 Å². The number of benzene rings is 2. The average molecular weight is 310 g/mol. The van der Waals surface area contributed by atoms with E-state index >= 15 is 0 Å². The van der Waals surface area contributed by atoms with Crippen molar-refractivity contribution in [1.29, 1.82) is 0 Å². The molecule has 104 valence electrons. The van der Waals surface area contributed by atoms with Gasteiger partial charge in [-0.15, -0.1) is 0 Å². The second-order valence-electron chi connectivity index (χ2n) is 5.19. The first-order valence-electron chi connectivity index (χ1n) is 6.59. The Balaban J connectivity index is 1.59. The van der Waals surface area contributed by atoms with Gasteiger partial charge in [0.2, 0.25) is 0 Å². The fourth-order valence-corrected chi connectivity index (χ4v) is 2.91. The van der Waals surface area contributed by atoms with Gasteiger partial charge >= 0.3 is 0 Å². The molecular weight excluding hydrogens is 296 g/mol. The van der Waals surface area contributed by atoms with E-state index in [-0.39, 0.29) is 10.8 Å². The fourth-order valence-electron chi connectivity index (χ4n) is 2.59. The molecule has 0 radical (unpaired) electrons. The lowest BCUT2D eigenvalue weighted by Gasteiger charge is -2.37. The van der Waals surface area contributed by atoms with Crippen molar-refractivity contribution in [3.05, 3.63) is 63.9 Å². The van der Waals surface area contributed by atoms with E-state index in [4.69, 9.17) is 23.2 Å². The molecule has 0 bridgehead atoms. The summed E-state index contributed by atoms with van der Waals surface area (Å²) in [7, 11) is 0. The Morgan fingerprint density at radius 2 is 1.85 bits per heavy atom. The number of rotatable bonds is 3. The first-order valence-corrected chi connectivity index (χ1v) is 7.34. The van der Waals surface area contributed by atoms with Crippen molar-refractivity contribution >= 4 is 28.9 Å². The minimum absolute atomic E-state index is 0.154. The standard InChI is InChI=1S/C16H14Cl2FN/c17-12-3-1-2-10(6-12)11-7-14(8-11)20-13-4-5-15(18)16(19)9-13/h1-6,9,11,14,20H,7-8H2. The molecule has 1 nitrogen and oxygen atoms in total. The second kappa shape index (κ2) is 5.63. The maximum Gasteiger partial charge on any atom is 0.143 e. The molecule has 0 aromatic heterocycles. The molecule has 0 aliphatic heterocycles. The number of nitrogens with one attached hydrogen (secondary N) is 1. The molecule has 0 amide bonds. The second-order valence-corrected chi connectivity index (χ2v) is 6.04. The summed E-state index contributed by atoms with van der Waals surface area (Å²) in [5.41, 5.74) is 2.05. The highest BCUT2D eigenvalue weighted by atomic mass is 35.5. The number of hydrogen-bond donors (Lipinski definition) is 1. The minimum atomic E-state index is -0.387. The van der Waals surface area contributed by atoms with Gasteiger partial charge < -0.3 is 5.32 Å². The average Bonchev–Trinajstić information content (AvgIpc) is 2.37. The topological polar surface area (TPSA) is 12.0 Å². The maximum absolute atomic E-state index is 13.4. The van der Waals surface area contributed by atoms with Gasteiger partial charge in [-0.05, 0) is 54.7 Å². The van der Waals surface area contributed by atoms with Crippen LogP contribution in [0.15, 0.2) is 42.5 Å². The van der Waals surface area contributed by atoms with Crippen molar-refractivity contribution in [1.82, 2.24) is 0 Å². The van der Waals surface area contributed by atoms with E-state index < -0.39 is 0 Å². The lowest BCUT2D eigenvalue weighted by molar-refractivity contribution is 0.374. The van der Waals surface area contributed by atoms with Crippen LogP contribution in [-0.4, -0.2) is 6.04 Å². The summed E-state index contributed by atoms with van der Waals surface area (Å²) in [5.74, 6) is 0.144. The van der Waals surface area contributed by atoms with Gasteiger partial charge in [-0.25, -0.2) is 4.39 Å². The van der Waals surface area contributed by atoms with Crippen LogP contribution in [0.4, 0.5) is 10.1 Å². The molecule has 0 saturated heterocycles. The predicted molar refractivity (Wildman–Crippen MR) is 82.2 cm³/mol. The fraction of sp³-hybridized carbons (Fsp3) is 0.250. The number of halogens is 3. The largest absolute Gasteiger partial charge is 0.382 e. The Labute approximate surface area is 127 Å². The van der Waals surface area contributed by atoms with Gasteiger partial charge in [-0.2, -0.15) is 0 Å². The van der Waals surface area contributed by atoms with E-state index in [1.165, 1.54) is 11.6 Å². The third-order valence-corrected chi connectivity index (χ3v) is 4.29. The van der Waals surface area contributed by atoms with Crippen molar-refractivity contribution < 1.29 is 4.39 Å². The van der Waals surface area contributed by atoms with Crippen molar-refractivity contribution in [2.24, 2.45) is 0 Å². The lowest BCUT2D eigenvalue weighted by atomic mass is 9.76. The summed E-state index contributed by atoms with van der Waals surface area (Å²) in [4.78, 5) is 0. The Morgan fingerprint density at radius 3 is 2.55 bits per heavy atom.